The molecule has 0 amide bonds. The summed E-state index contributed by atoms with van der Waals surface area (Å²) in [5, 5.41) is 0. The van der Waals surface area contributed by atoms with Crippen molar-refractivity contribution in [2.45, 2.75) is 25.7 Å². The van der Waals surface area contributed by atoms with Gasteiger partial charge in [-0.1, -0.05) is 72.8 Å². The van der Waals surface area contributed by atoms with Crippen molar-refractivity contribution in [3.63, 3.8) is 0 Å². The van der Waals surface area contributed by atoms with E-state index >= 15 is 0 Å². The van der Waals surface area contributed by atoms with Gasteiger partial charge in [0.25, 0.3) is 0 Å². The molecule has 25 heavy (non-hydrogen) atoms. The van der Waals surface area contributed by atoms with Gasteiger partial charge < -0.3 is 4.90 Å². The number of benzene rings is 2. The summed E-state index contributed by atoms with van der Waals surface area (Å²) in [6.07, 6.45) is 8.71. The lowest BCUT2D eigenvalue weighted by atomic mass is 9.96. The first-order chi connectivity index (χ1) is 12.3. The van der Waals surface area contributed by atoms with Crippen molar-refractivity contribution in [1.82, 2.24) is 4.90 Å². The molecule has 2 aromatic carbocycles. The Bertz CT molecular complexity index is 678. The largest absolute Gasteiger partial charge is 0.303 e. The number of piperidine rings is 1. The highest BCUT2D eigenvalue weighted by atomic mass is 16.1. The van der Waals surface area contributed by atoms with Gasteiger partial charge in [-0.15, -0.1) is 0 Å². The molecule has 0 spiro atoms. The second kappa shape index (κ2) is 9.33. The van der Waals surface area contributed by atoms with Crippen LogP contribution in [0.4, 0.5) is 0 Å². The van der Waals surface area contributed by atoms with Gasteiger partial charge in [-0.05, 0) is 43.8 Å². The molecule has 1 aliphatic rings. The first-order valence-electron chi connectivity index (χ1n) is 9.35. The molecule has 0 aliphatic carbocycles. The van der Waals surface area contributed by atoms with E-state index in [1.165, 1.54) is 18.4 Å². The van der Waals surface area contributed by atoms with E-state index in [1.54, 1.807) is 0 Å². The van der Waals surface area contributed by atoms with Crippen molar-refractivity contribution in [2.24, 2.45) is 5.92 Å². The number of Topliss-reactive ketones (excluding diaryl/α,β-unsaturated/α-hetero) is 1. The fraction of sp³-hybridized carbons (Fsp3) is 0.348. The van der Waals surface area contributed by atoms with Crippen LogP contribution in [0.5, 0.6) is 0 Å². The Morgan fingerprint density at radius 3 is 2.52 bits per heavy atom. The van der Waals surface area contributed by atoms with Gasteiger partial charge in [0.15, 0.2) is 5.78 Å². The minimum Gasteiger partial charge on any atom is -0.303 e. The molecule has 1 heterocycles. The van der Waals surface area contributed by atoms with Gasteiger partial charge in [-0.25, -0.2) is 0 Å². The smallest absolute Gasteiger partial charge is 0.162 e. The molecule has 0 aromatic heterocycles. The molecular weight excluding hydrogens is 306 g/mol. The van der Waals surface area contributed by atoms with E-state index in [4.69, 9.17) is 0 Å². The molecule has 1 aliphatic heterocycles. The summed E-state index contributed by atoms with van der Waals surface area (Å²) in [5.74, 6) is 0.886. The molecule has 0 bridgehead atoms. The minimum absolute atomic E-state index is 0.262. The van der Waals surface area contributed by atoms with E-state index in [-0.39, 0.29) is 5.78 Å². The normalized spacial score (nSPS) is 18.5. The molecule has 130 valence electrons. The van der Waals surface area contributed by atoms with E-state index in [9.17, 15) is 4.79 Å². The van der Waals surface area contributed by atoms with Crippen LogP contribution in [0.25, 0.3) is 6.08 Å². The van der Waals surface area contributed by atoms with Crippen LogP contribution in [-0.4, -0.2) is 30.3 Å². The van der Waals surface area contributed by atoms with Gasteiger partial charge in [-0.2, -0.15) is 0 Å². The minimum atomic E-state index is 0.262. The van der Waals surface area contributed by atoms with Gasteiger partial charge in [0, 0.05) is 18.5 Å². The maximum Gasteiger partial charge on any atom is 0.162 e. The number of carbonyl (C=O) groups excluding carboxylic acids is 1. The fourth-order valence-electron chi connectivity index (χ4n) is 3.49. The molecule has 2 nitrogen and oxygen atoms in total. The first kappa shape index (κ1) is 17.6. The quantitative estimate of drug-likeness (QED) is 0.659. The second-order valence-corrected chi connectivity index (χ2v) is 6.87. The average Bonchev–Trinajstić information content (AvgIpc) is 2.68. The van der Waals surface area contributed by atoms with E-state index in [1.807, 2.05) is 30.3 Å². The van der Waals surface area contributed by atoms with Gasteiger partial charge in [0.1, 0.15) is 0 Å². The van der Waals surface area contributed by atoms with Crippen molar-refractivity contribution in [3.05, 3.63) is 77.9 Å². The average molecular weight is 333 g/mol. The van der Waals surface area contributed by atoms with E-state index in [0.717, 1.165) is 31.6 Å². The zero-order chi connectivity index (χ0) is 17.3. The van der Waals surface area contributed by atoms with Gasteiger partial charge in [0.05, 0.1) is 0 Å². The molecule has 0 N–H and O–H groups in total. The topological polar surface area (TPSA) is 20.3 Å². The van der Waals surface area contributed by atoms with Crippen molar-refractivity contribution in [1.29, 1.82) is 0 Å². The Morgan fingerprint density at radius 2 is 1.76 bits per heavy atom. The lowest BCUT2D eigenvalue weighted by Crippen LogP contribution is -2.35. The summed E-state index contributed by atoms with van der Waals surface area (Å²) in [6.45, 7) is 3.30. The van der Waals surface area contributed by atoms with Gasteiger partial charge >= 0.3 is 0 Å². The van der Waals surface area contributed by atoms with Crippen LogP contribution in [-0.2, 0) is 0 Å². The van der Waals surface area contributed by atoms with Crippen LogP contribution in [0.2, 0.25) is 0 Å². The predicted octanol–water partition coefficient (Wildman–Crippen LogP) is 5.07. The Labute approximate surface area is 151 Å². The highest BCUT2D eigenvalue weighted by molar-refractivity contribution is 5.95. The molecule has 1 unspecified atom stereocenters. The summed E-state index contributed by atoms with van der Waals surface area (Å²) in [5.41, 5.74) is 2.11. The van der Waals surface area contributed by atoms with Crippen LogP contribution >= 0.6 is 0 Å². The molecule has 2 heteroatoms. The molecule has 1 fully saturated rings. The number of rotatable bonds is 7. The number of ketones is 1. The molecule has 0 radical (unpaired) electrons. The number of carbonyl (C=O) groups is 1. The summed E-state index contributed by atoms with van der Waals surface area (Å²) < 4.78 is 0. The zero-order valence-electron chi connectivity index (χ0n) is 14.8. The summed E-state index contributed by atoms with van der Waals surface area (Å²) >= 11 is 0. The van der Waals surface area contributed by atoms with Crippen LogP contribution in [0.3, 0.4) is 0 Å². The molecular formula is C23H27NO. The highest BCUT2D eigenvalue weighted by Crippen LogP contribution is 2.19. The lowest BCUT2D eigenvalue weighted by Gasteiger charge is -2.31. The zero-order valence-corrected chi connectivity index (χ0v) is 14.8. The highest BCUT2D eigenvalue weighted by Gasteiger charge is 2.17. The van der Waals surface area contributed by atoms with Crippen molar-refractivity contribution in [2.75, 3.05) is 19.6 Å². The number of hydrogen-bond donors (Lipinski definition) is 0. The number of likely N-dealkylation sites (tertiary alicyclic amines) is 1. The molecule has 3 rings (SSSR count). The fourth-order valence-corrected chi connectivity index (χ4v) is 3.49. The molecule has 2 aromatic rings. The molecule has 1 saturated heterocycles. The molecule has 1 atom stereocenters. The lowest BCUT2D eigenvalue weighted by molar-refractivity contribution is 0.0971. The molecule has 0 saturated carbocycles. The monoisotopic (exact) mass is 333 g/mol. The SMILES string of the molecule is O=C(CCCN1CCCC(/C=C\c2ccccc2)C1)c1ccccc1. The van der Waals surface area contributed by atoms with Gasteiger partial charge in [0.2, 0.25) is 0 Å². The Morgan fingerprint density at radius 1 is 1.04 bits per heavy atom. The van der Waals surface area contributed by atoms with Crippen LogP contribution in [0.15, 0.2) is 66.7 Å². The summed E-state index contributed by atoms with van der Waals surface area (Å²) in [7, 11) is 0. The maximum absolute atomic E-state index is 12.2. The predicted molar refractivity (Wildman–Crippen MR) is 105 cm³/mol. The van der Waals surface area contributed by atoms with Crippen molar-refractivity contribution >= 4 is 11.9 Å². The Balaban J connectivity index is 1.42. The van der Waals surface area contributed by atoms with Gasteiger partial charge in [-0.3, -0.25) is 4.79 Å². The Kier molecular flexibility index (Phi) is 6.58. The Hall–Kier alpha value is -2.19. The van der Waals surface area contributed by atoms with Crippen molar-refractivity contribution in [3.8, 4) is 0 Å². The van der Waals surface area contributed by atoms with E-state index in [2.05, 4.69) is 47.4 Å². The summed E-state index contributed by atoms with van der Waals surface area (Å²) in [6, 6.07) is 20.1. The summed E-state index contributed by atoms with van der Waals surface area (Å²) in [4.78, 5) is 14.7. The first-order valence-corrected chi connectivity index (χ1v) is 9.35. The number of nitrogens with zero attached hydrogens (tertiary/aromatic N) is 1. The number of hydrogen-bond acceptors (Lipinski definition) is 2. The standard InChI is InChI=1S/C23H27NO/c25-23(22-12-5-2-6-13-22)14-8-18-24-17-7-11-21(19-24)16-15-20-9-3-1-4-10-20/h1-6,9-10,12-13,15-16,21H,7-8,11,14,17-19H2/b16-15-. The van der Waals surface area contributed by atoms with E-state index < -0.39 is 0 Å². The van der Waals surface area contributed by atoms with Crippen LogP contribution < -0.4 is 0 Å². The third-order valence-corrected chi connectivity index (χ3v) is 4.88. The third kappa shape index (κ3) is 5.68. The third-order valence-electron chi connectivity index (χ3n) is 4.88. The van der Waals surface area contributed by atoms with Crippen LogP contribution in [0, 0.1) is 5.92 Å². The van der Waals surface area contributed by atoms with Crippen molar-refractivity contribution < 1.29 is 4.79 Å². The van der Waals surface area contributed by atoms with E-state index in [0.29, 0.717) is 12.3 Å². The van der Waals surface area contributed by atoms with Crippen LogP contribution in [0.1, 0.15) is 41.6 Å². The second-order valence-electron chi connectivity index (χ2n) is 6.87. The maximum atomic E-state index is 12.2.